The molecule has 0 rings (SSSR count). The van der Waals surface area contributed by atoms with Gasteiger partial charge in [0.2, 0.25) is 5.91 Å². The first-order valence-electron chi connectivity index (χ1n) is 5.07. The molecule has 0 fully saturated rings. The molecule has 7 nitrogen and oxygen atoms in total. The first-order chi connectivity index (χ1) is 8.19. The predicted molar refractivity (Wildman–Crippen MR) is 68.8 cm³/mol. The number of nitrogens with one attached hydrogen (secondary N) is 2. The lowest BCUT2D eigenvalue weighted by Gasteiger charge is -2.02. The van der Waals surface area contributed by atoms with E-state index >= 15 is 0 Å². The molecule has 0 radical (unpaired) electrons. The quantitative estimate of drug-likeness (QED) is 0.167. The highest BCUT2D eigenvalue weighted by Crippen LogP contribution is 1.96. The molecular formula is C10H18N6O. The molecule has 1 amide bonds. The van der Waals surface area contributed by atoms with Crippen LogP contribution in [0.25, 0.3) is 0 Å². The molecule has 0 aromatic rings. The number of rotatable bonds is 6. The van der Waals surface area contributed by atoms with Gasteiger partial charge >= 0.3 is 0 Å². The van der Waals surface area contributed by atoms with Crippen LogP contribution in [0.3, 0.4) is 0 Å². The standard InChI is InChI=1S/C10H18N6O/c1-3-5-9(17)14-7-4-6-8(13-2)10(15-11)16-12/h4,6-7H,2-3,5,11-12H2,1H3,(H,14,17)(H,15,16)/b7-4+,8-6-. The summed E-state index contributed by atoms with van der Waals surface area (Å²) in [6.45, 7) is 5.28. The molecule has 6 N–H and O–H groups in total. The maximum atomic E-state index is 11.1. The summed E-state index contributed by atoms with van der Waals surface area (Å²) < 4.78 is 0. The Morgan fingerprint density at radius 2 is 2.24 bits per heavy atom. The maximum absolute atomic E-state index is 11.1. The second kappa shape index (κ2) is 9.10. The fourth-order valence-corrected chi connectivity index (χ4v) is 0.963. The van der Waals surface area contributed by atoms with E-state index in [1.807, 2.05) is 6.92 Å². The van der Waals surface area contributed by atoms with E-state index < -0.39 is 0 Å². The normalized spacial score (nSPS) is 12.6. The van der Waals surface area contributed by atoms with Crippen molar-refractivity contribution in [3.63, 3.8) is 0 Å². The van der Waals surface area contributed by atoms with Gasteiger partial charge in [-0.1, -0.05) is 6.92 Å². The number of amidine groups is 1. The SMILES string of the molecule is C=NC(=C\C=C\NC(=O)CCC)/C(=N\N)NN. The topological polar surface area (TPSA) is 118 Å². The van der Waals surface area contributed by atoms with Gasteiger partial charge in [0.1, 0.15) is 5.70 Å². The summed E-state index contributed by atoms with van der Waals surface area (Å²) >= 11 is 0. The van der Waals surface area contributed by atoms with Crippen LogP contribution in [0.5, 0.6) is 0 Å². The molecule has 0 aliphatic carbocycles. The van der Waals surface area contributed by atoms with Crippen molar-refractivity contribution in [3.05, 3.63) is 24.0 Å². The van der Waals surface area contributed by atoms with Crippen LogP contribution in [0.2, 0.25) is 0 Å². The highest BCUT2D eigenvalue weighted by atomic mass is 16.1. The second-order valence-electron chi connectivity index (χ2n) is 3.01. The Kier molecular flexibility index (Phi) is 7.95. The van der Waals surface area contributed by atoms with Gasteiger partial charge in [-0.25, -0.2) is 5.84 Å². The predicted octanol–water partition coefficient (Wildman–Crippen LogP) is -0.264. The van der Waals surface area contributed by atoms with E-state index in [0.29, 0.717) is 12.1 Å². The summed E-state index contributed by atoms with van der Waals surface area (Å²) in [5.41, 5.74) is 2.65. The minimum absolute atomic E-state index is 0.0464. The summed E-state index contributed by atoms with van der Waals surface area (Å²) in [5.74, 6) is 10.4. The first kappa shape index (κ1) is 14.8. The van der Waals surface area contributed by atoms with E-state index in [1.165, 1.54) is 6.20 Å². The van der Waals surface area contributed by atoms with Gasteiger partial charge in [-0.05, 0) is 25.3 Å². The number of aliphatic imine (C=N–C) groups is 1. The van der Waals surface area contributed by atoms with Crippen LogP contribution >= 0.6 is 0 Å². The highest BCUT2D eigenvalue weighted by molar-refractivity contribution is 5.98. The molecular weight excluding hydrogens is 220 g/mol. The van der Waals surface area contributed by atoms with Crippen molar-refractivity contribution < 1.29 is 4.79 Å². The van der Waals surface area contributed by atoms with E-state index in [4.69, 9.17) is 11.7 Å². The van der Waals surface area contributed by atoms with E-state index in [2.05, 4.69) is 27.6 Å². The van der Waals surface area contributed by atoms with Gasteiger partial charge < -0.3 is 16.6 Å². The average Bonchev–Trinajstić information content (AvgIpc) is 2.33. The largest absolute Gasteiger partial charge is 0.333 e. The molecule has 0 saturated heterocycles. The van der Waals surface area contributed by atoms with Crippen LogP contribution in [0.1, 0.15) is 19.8 Å². The summed E-state index contributed by atoms with van der Waals surface area (Å²) in [4.78, 5) is 14.8. The van der Waals surface area contributed by atoms with Crippen molar-refractivity contribution >= 4 is 18.5 Å². The van der Waals surface area contributed by atoms with E-state index in [9.17, 15) is 4.79 Å². The number of carbonyl (C=O) groups is 1. The van der Waals surface area contributed by atoms with Gasteiger partial charge in [-0.2, -0.15) is 5.10 Å². The van der Waals surface area contributed by atoms with Crippen LogP contribution < -0.4 is 22.4 Å². The van der Waals surface area contributed by atoms with Crippen molar-refractivity contribution in [1.29, 1.82) is 0 Å². The minimum Gasteiger partial charge on any atom is -0.333 e. The Balaban J connectivity index is 4.42. The van der Waals surface area contributed by atoms with Crippen LogP contribution in [0.4, 0.5) is 0 Å². The number of hydrogen-bond acceptors (Lipinski definition) is 5. The summed E-state index contributed by atoms with van der Waals surface area (Å²) in [6, 6.07) is 0. The third kappa shape index (κ3) is 6.10. The van der Waals surface area contributed by atoms with E-state index in [0.717, 1.165) is 6.42 Å². The lowest BCUT2D eigenvalue weighted by Crippen LogP contribution is -2.32. The van der Waals surface area contributed by atoms with Crippen LogP contribution in [-0.2, 0) is 4.79 Å². The van der Waals surface area contributed by atoms with Gasteiger partial charge in [-0.15, -0.1) is 0 Å². The summed E-state index contributed by atoms with van der Waals surface area (Å²) in [5, 5.41) is 5.97. The number of amides is 1. The fourth-order valence-electron chi connectivity index (χ4n) is 0.963. The molecule has 0 aliphatic heterocycles. The molecule has 0 unspecified atom stereocenters. The smallest absolute Gasteiger partial charge is 0.223 e. The maximum Gasteiger partial charge on any atom is 0.223 e. The zero-order valence-corrected chi connectivity index (χ0v) is 9.81. The van der Waals surface area contributed by atoms with Crippen molar-refractivity contribution in [3.8, 4) is 0 Å². The Morgan fingerprint density at radius 1 is 1.53 bits per heavy atom. The van der Waals surface area contributed by atoms with Crippen molar-refractivity contribution in [2.75, 3.05) is 0 Å². The Labute approximate surface area is 100 Å². The van der Waals surface area contributed by atoms with Crippen LogP contribution in [-0.4, -0.2) is 18.5 Å². The molecule has 0 heterocycles. The summed E-state index contributed by atoms with van der Waals surface area (Å²) in [7, 11) is 0. The van der Waals surface area contributed by atoms with Gasteiger partial charge in [0.15, 0.2) is 5.84 Å². The molecule has 7 heteroatoms. The number of carbonyl (C=O) groups excluding carboxylic acids is 1. The minimum atomic E-state index is -0.0464. The molecule has 17 heavy (non-hydrogen) atoms. The van der Waals surface area contributed by atoms with Crippen LogP contribution in [0, 0.1) is 0 Å². The number of hydrazine groups is 1. The lowest BCUT2D eigenvalue weighted by molar-refractivity contribution is -0.120. The van der Waals surface area contributed by atoms with Crippen molar-refractivity contribution in [2.45, 2.75) is 19.8 Å². The summed E-state index contributed by atoms with van der Waals surface area (Å²) in [6.07, 6.45) is 5.93. The van der Waals surface area contributed by atoms with Crippen molar-refractivity contribution in [1.82, 2.24) is 10.7 Å². The van der Waals surface area contributed by atoms with Crippen LogP contribution in [0.15, 0.2) is 34.1 Å². The Bertz CT molecular complexity index is 345. The molecule has 0 spiro atoms. The molecule has 94 valence electrons. The molecule has 0 aliphatic rings. The molecule has 0 aromatic heterocycles. The Hall–Kier alpha value is -2.15. The zero-order chi connectivity index (χ0) is 13.1. The number of nitrogens with zero attached hydrogens (tertiary/aromatic N) is 2. The van der Waals surface area contributed by atoms with Gasteiger partial charge in [0.25, 0.3) is 0 Å². The lowest BCUT2D eigenvalue weighted by atomic mass is 10.3. The van der Waals surface area contributed by atoms with Crippen molar-refractivity contribution in [2.24, 2.45) is 21.8 Å². The third-order valence-electron chi connectivity index (χ3n) is 1.75. The van der Waals surface area contributed by atoms with Gasteiger partial charge in [0.05, 0.1) is 0 Å². The number of hydrazone groups is 1. The Morgan fingerprint density at radius 3 is 2.71 bits per heavy atom. The zero-order valence-electron chi connectivity index (χ0n) is 9.81. The second-order valence-corrected chi connectivity index (χ2v) is 3.01. The molecule has 0 atom stereocenters. The molecule has 0 aromatic carbocycles. The average molecular weight is 238 g/mol. The highest BCUT2D eigenvalue weighted by Gasteiger charge is 2.00. The van der Waals surface area contributed by atoms with E-state index in [-0.39, 0.29) is 11.7 Å². The number of nitrogens with two attached hydrogens (primary N) is 2. The molecule has 0 saturated carbocycles. The number of allylic oxidation sites excluding steroid dienone is 2. The van der Waals surface area contributed by atoms with E-state index in [1.54, 1.807) is 12.2 Å². The third-order valence-corrected chi connectivity index (χ3v) is 1.75. The monoisotopic (exact) mass is 238 g/mol. The molecule has 0 bridgehead atoms. The van der Waals surface area contributed by atoms with Gasteiger partial charge in [-0.3, -0.25) is 9.79 Å². The first-order valence-corrected chi connectivity index (χ1v) is 5.07. The van der Waals surface area contributed by atoms with Gasteiger partial charge in [0, 0.05) is 12.6 Å². The number of hydrogen-bond donors (Lipinski definition) is 4. The fraction of sp³-hybridized carbons (Fsp3) is 0.300.